The average Bonchev–Trinajstić information content (AvgIpc) is 3.08. The van der Waals surface area contributed by atoms with E-state index in [1.165, 1.54) is 11.3 Å². The molecule has 110 valence electrons. The van der Waals surface area contributed by atoms with Crippen molar-refractivity contribution in [1.29, 1.82) is 0 Å². The van der Waals surface area contributed by atoms with Crippen molar-refractivity contribution in [2.75, 3.05) is 6.61 Å². The predicted octanol–water partition coefficient (Wildman–Crippen LogP) is 2.71. The van der Waals surface area contributed by atoms with Gasteiger partial charge in [0.05, 0.1) is 0 Å². The Morgan fingerprint density at radius 1 is 1.38 bits per heavy atom. The summed E-state index contributed by atoms with van der Waals surface area (Å²) in [4.78, 5) is 20.5. The predicted molar refractivity (Wildman–Crippen MR) is 80.1 cm³/mol. The number of thiophene rings is 1. The van der Waals surface area contributed by atoms with Crippen molar-refractivity contribution in [3.63, 3.8) is 0 Å². The zero-order valence-corrected chi connectivity index (χ0v) is 12.4. The second kappa shape index (κ2) is 6.78. The molecule has 1 unspecified atom stereocenters. The fourth-order valence-corrected chi connectivity index (χ4v) is 2.88. The highest BCUT2D eigenvalue weighted by Crippen LogP contribution is 2.24. The molecule has 0 bridgehead atoms. The molecule has 1 aliphatic rings. The summed E-state index contributed by atoms with van der Waals surface area (Å²) in [5.74, 6) is 0.665. The summed E-state index contributed by atoms with van der Waals surface area (Å²) in [6.45, 7) is 1.22. The monoisotopic (exact) mass is 303 g/mol. The van der Waals surface area contributed by atoms with E-state index in [1.807, 2.05) is 10.8 Å². The minimum absolute atomic E-state index is 0.0215. The fourth-order valence-electron chi connectivity index (χ4n) is 2.24. The number of hydrogen-bond donors (Lipinski definition) is 1. The van der Waals surface area contributed by atoms with Crippen molar-refractivity contribution >= 4 is 17.2 Å². The first-order chi connectivity index (χ1) is 10.3. The molecule has 1 fully saturated rings. The Balaban J connectivity index is 1.55. The van der Waals surface area contributed by atoms with Crippen LogP contribution in [0.5, 0.6) is 0 Å². The van der Waals surface area contributed by atoms with Crippen LogP contribution in [0.4, 0.5) is 0 Å². The summed E-state index contributed by atoms with van der Waals surface area (Å²) < 4.78 is 5.66. The van der Waals surface area contributed by atoms with Gasteiger partial charge in [0.2, 0.25) is 0 Å². The van der Waals surface area contributed by atoms with Crippen molar-refractivity contribution < 1.29 is 9.53 Å². The highest BCUT2D eigenvalue weighted by molar-refractivity contribution is 7.08. The molecule has 1 N–H and O–H groups in total. The van der Waals surface area contributed by atoms with Gasteiger partial charge >= 0.3 is 0 Å². The molecule has 6 heteroatoms. The lowest BCUT2D eigenvalue weighted by atomic mass is 10.1. The largest absolute Gasteiger partial charge is 0.370 e. The highest BCUT2D eigenvalue weighted by atomic mass is 32.1. The van der Waals surface area contributed by atoms with Gasteiger partial charge in [-0.05, 0) is 30.7 Å². The van der Waals surface area contributed by atoms with E-state index in [0.29, 0.717) is 12.1 Å². The van der Waals surface area contributed by atoms with Crippen LogP contribution < -0.4 is 5.32 Å². The fraction of sp³-hybridized carbons (Fsp3) is 0.400. The van der Waals surface area contributed by atoms with Gasteiger partial charge in [-0.25, -0.2) is 9.97 Å². The van der Waals surface area contributed by atoms with Crippen molar-refractivity contribution in [3.05, 3.63) is 46.2 Å². The third kappa shape index (κ3) is 3.65. The van der Waals surface area contributed by atoms with Gasteiger partial charge in [0, 0.05) is 42.1 Å². The minimum atomic E-state index is -0.0732. The van der Waals surface area contributed by atoms with Gasteiger partial charge in [-0.15, -0.1) is 0 Å². The zero-order chi connectivity index (χ0) is 14.5. The Morgan fingerprint density at radius 2 is 2.24 bits per heavy atom. The smallest absolute Gasteiger partial charge is 0.252 e. The summed E-state index contributed by atoms with van der Waals surface area (Å²) in [6, 6.07) is 1.81. The molecule has 1 atom stereocenters. The van der Waals surface area contributed by atoms with Crippen molar-refractivity contribution in [2.24, 2.45) is 0 Å². The first-order valence-corrected chi connectivity index (χ1v) is 8.00. The van der Waals surface area contributed by atoms with E-state index in [0.717, 1.165) is 37.3 Å². The normalized spacial score (nSPS) is 18.4. The second-order valence-electron chi connectivity index (χ2n) is 5.00. The average molecular weight is 303 g/mol. The van der Waals surface area contributed by atoms with E-state index >= 15 is 0 Å². The molecule has 0 aromatic carbocycles. The topological polar surface area (TPSA) is 64.1 Å². The number of carbonyl (C=O) groups excluding carboxylic acids is 1. The minimum Gasteiger partial charge on any atom is -0.370 e. The van der Waals surface area contributed by atoms with E-state index in [9.17, 15) is 4.79 Å². The Kier molecular flexibility index (Phi) is 4.57. The van der Waals surface area contributed by atoms with Gasteiger partial charge in [0.15, 0.2) is 5.82 Å². The van der Waals surface area contributed by atoms with Crippen molar-refractivity contribution in [3.8, 4) is 0 Å². The van der Waals surface area contributed by atoms with Crippen molar-refractivity contribution in [2.45, 2.75) is 31.9 Å². The van der Waals surface area contributed by atoms with Crippen LogP contribution in [0, 0.1) is 0 Å². The maximum atomic E-state index is 11.8. The van der Waals surface area contributed by atoms with Crippen LogP contribution in [0.25, 0.3) is 0 Å². The van der Waals surface area contributed by atoms with Gasteiger partial charge in [0.25, 0.3) is 5.91 Å². The highest BCUT2D eigenvalue weighted by Gasteiger charge is 2.18. The molecule has 0 spiro atoms. The van der Waals surface area contributed by atoms with E-state index in [4.69, 9.17) is 4.74 Å². The molecule has 0 aliphatic carbocycles. The summed E-state index contributed by atoms with van der Waals surface area (Å²) in [6.07, 6.45) is 6.79. The number of amides is 1. The summed E-state index contributed by atoms with van der Waals surface area (Å²) in [7, 11) is 0. The maximum Gasteiger partial charge on any atom is 0.252 e. The molecule has 3 heterocycles. The Labute approximate surface area is 127 Å². The van der Waals surface area contributed by atoms with Crippen LogP contribution in [0.15, 0.2) is 29.2 Å². The van der Waals surface area contributed by atoms with Gasteiger partial charge < -0.3 is 10.1 Å². The quantitative estimate of drug-likeness (QED) is 0.943. The Bertz CT molecular complexity index is 577. The van der Waals surface area contributed by atoms with Gasteiger partial charge in [-0.2, -0.15) is 11.3 Å². The Morgan fingerprint density at radius 3 is 2.90 bits per heavy atom. The number of nitrogens with zero attached hydrogens (tertiary/aromatic N) is 2. The third-order valence-electron chi connectivity index (χ3n) is 3.43. The first-order valence-electron chi connectivity index (χ1n) is 7.06. The molecule has 2 aromatic heterocycles. The van der Waals surface area contributed by atoms with Crippen LogP contribution in [-0.2, 0) is 11.3 Å². The van der Waals surface area contributed by atoms with Gasteiger partial charge in [-0.3, -0.25) is 4.79 Å². The summed E-state index contributed by atoms with van der Waals surface area (Å²) in [5.41, 5.74) is 1.58. The summed E-state index contributed by atoms with van der Waals surface area (Å²) in [5, 5.41) is 6.57. The number of carbonyl (C=O) groups is 1. The van der Waals surface area contributed by atoms with Crippen molar-refractivity contribution in [1.82, 2.24) is 15.3 Å². The lowest BCUT2D eigenvalue weighted by molar-refractivity contribution is 0.00940. The van der Waals surface area contributed by atoms with E-state index in [1.54, 1.807) is 18.5 Å². The van der Waals surface area contributed by atoms with E-state index in [-0.39, 0.29) is 12.0 Å². The van der Waals surface area contributed by atoms with Crippen LogP contribution in [0.2, 0.25) is 0 Å². The number of nitrogens with one attached hydrogen (secondary N) is 1. The van der Waals surface area contributed by atoms with E-state index in [2.05, 4.69) is 15.3 Å². The SMILES string of the molecule is O=C(NCc1cnc(C2CCCCO2)nc1)c1ccsc1. The van der Waals surface area contributed by atoms with Crippen LogP contribution >= 0.6 is 11.3 Å². The lowest BCUT2D eigenvalue weighted by Crippen LogP contribution is -2.22. The molecular formula is C15H17N3O2S. The molecule has 0 radical (unpaired) electrons. The molecule has 3 rings (SSSR count). The third-order valence-corrected chi connectivity index (χ3v) is 4.11. The molecule has 2 aromatic rings. The summed E-state index contributed by atoms with van der Waals surface area (Å²) >= 11 is 1.51. The van der Waals surface area contributed by atoms with Gasteiger partial charge in [-0.1, -0.05) is 0 Å². The van der Waals surface area contributed by atoms with Crippen LogP contribution in [-0.4, -0.2) is 22.5 Å². The van der Waals surface area contributed by atoms with Crippen LogP contribution in [0.3, 0.4) is 0 Å². The lowest BCUT2D eigenvalue weighted by Gasteiger charge is -2.21. The number of ether oxygens (including phenoxy) is 1. The van der Waals surface area contributed by atoms with Crippen LogP contribution in [0.1, 0.15) is 47.1 Å². The number of rotatable bonds is 4. The molecule has 1 saturated heterocycles. The molecule has 1 amide bonds. The first kappa shape index (κ1) is 14.2. The zero-order valence-electron chi connectivity index (χ0n) is 11.6. The van der Waals surface area contributed by atoms with E-state index < -0.39 is 0 Å². The molecule has 5 nitrogen and oxygen atoms in total. The number of aromatic nitrogens is 2. The van der Waals surface area contributed by atoms with Gasteiger partial charge in [0.1, 0.15) is 6.10 Å². The molecule has 1 aliphatic heterocycles. The standard InChI is InChI=1S/C15H17N3O2S/c19-15(12-4-6-21-10-12)18-9-11-7-16-14(17-8-11)13-3-1-2-5-20-13/h4,6-8,10,13H,1-3,5,9H2,(H,18,19). The molecular weight excluding hydrogens is 286 g/mol. The Hall–Kier alpha value is -1.79. The second-order valence-corrected chi connectivity index (χ2v) is 5.78. The molecule has 21 heavy (non-hydrogen) atoms. The number of hydrogen-bond acceptors (Lipinski definition) is 5. The molecule has 0 saturated carbocycles. The maximum absolute atomic E-state index is 11.8.